The molecule has 0 radical (unpaired) electrons. The lowest BCUT2D eigenvalue weighted by Gasteiger charge is -2.19. The van der Waals surface area contributed by atoms with Crippen LogP contribution in [-0.4, -0.2) is 26.8 Å². The Morgan fingerprint density at radius 1 is 1.15 bits per heavy atom. The highest BCUT2D eigenvalue weighted by atomic mass is 16.4. The highest BCUT2D eigenvalue weighted by molar-refractivity contribution is 5.94. The number of hydrogen-bond donors (Lipinski definition) is 2. The predicted octanol–water partition coefficient (Wildman–Crippen LogP) is 3.64. The van der Waals surface area contributed by atoms with Crippen molar-refractivity contribution in [1.29, 1.82) is 0 Å². The number of aryl methyl sites for hydroxylation is 1. The molecule has 2 N–H and O–H groups in total. The number of rotatable bonds is 6. The topological polar surface area (TPSA) is 84.2 Å². The van der Waals surface area contributed by atoms with Crippen LogP contribution in [0.5, 0.6) is 0 Å². The van der Waals surface area contributed by atoms with Gasteiger partial charge in [-0.3, -0.25) is 14.3 Å². The molecule has 0 fully saturated rings. The number of benzene rings is 2. The molecule has 0 bridgehead atoms. The number of carboxylic acid groups (broad SMARTS) is 1. The molecule has 1 aromatic heterocycles. The second-order valence-corrected chi connectivity index (χ2v) is 6.93. The lowest BCUT2D eigenvalue weighted by Crippen LogP contribution is -2.31. The first-order valence-electron chi connectivity index (χ1n) is 8.91. The molecule has 3 aromatic rings. The van der Waals surface area contributed by atoms with Crippen LogP contribution in [0.25, 0.3) is 10.8 Å². The first-order valence-corrected chi connectivity index (χ1v) is 8.91. The lowest BCUT2D eigenvalue weighted by atomic mass is 9.96. The molecule has 6 nitrogen and oxygen atoms in total. The van der Waals surface area contributed by atoms with Crippen molar-refractivity contribution in [3.63, 3.8) is 0 Å². The Balaban J connectivity index is 1.96. The second kappa shape index (κ2) is 7.61. The highest BCUT2D eigenvalue weighted by Gasteiger charge is 2.23. The number of nitrogens with one attached hydrogen (secondary N) is 1. The standard InChI is InChI=1S/C21H23N3O3/c1-13(2)17-11-19(24(3)23-17)21(27)22-18(12-20(25)26)16-10-6-8-14-7-4-5-9-15(14)16/h4-11,13,18H,12H2,1-3H3,(H,22,27)(H,25,26)/t18-/m1/s1. The maximum Gasteiger partial charge on any atom is 0.305 e. The monoisotopic (exact) mass is 365 g/mol. The summed E-state index contributed by atoms with van der Waals surface area (Å²) >= 11 is 0. The summed E-state index contributed by atoms with van der Waals surface area (Å²) in [6, 6.07) is 14.6. The minimum atomic E-state index is -0.971. The molecule has 0 saturated carbocycles. The Morgan fingerprint density at radius 3 is 2.52 bits per heavy atom. The zero-order chi connectivity index (χ0) is 19.6. The molecule has 0 aliphatic carbocycles. The Labute approximate surface area is 157 Å². The van der Waals surface area contributed by atoms with E-state index >= 15 is 0 Å². The summed E-state index contributed by atoms with van der Waals surface area (Å²) in [6.07, 6.45) is -0.200. The summed E-state index contributed by atoms with van der Waals surface area (Å²) in [5.74, 6) is -1.11. The van der Waals surface area contributed by atoms with Crippen molar-refractivity contribution in [2.45, 2.75) is 32.2 Å². The molecule has 3 rings (SSSR count). The minimum absolute atomic E-state index is 0.200. The van der Waals surface area contributed by atoms with E-state index in [-0.39, 0.29) is 18.2 Å². The fourth-order valence-corrected chi connectivity index (χ4v) is 3.18. The zero-order valence-electron chi connectivity index (χ0n) is 15.6. The van der Waals surface area contributed by atoms with Crippen LogP contribution in [0.1, 0.15) is 54.0 Å². The van der Waals surface area contributed by atoms with Gasteiger partial charge >= 0.3 is 5.97 Å². The SMILES string of the molecule is CC(C)c1cc(C(=O)N[C@H](CC(=O)O)c2cccc3ccccc23)n(C)n1. The van der Waals surface area contributed by atoms with Crippen molar-refractivity contribution in [2.24, 2.45) is 7.05 Å². The first-order chi connectivity index (χ1) is 12.9. The third kappa shape index (κ3) is 4.00. The van der Waals surface area contributed by atoms with E-state index in [4.69, 9.17) is 0 Å². The Morgan fingerprint density at radius 2 is 1.85 bits per heavy atom. The van der Waals surface area contributed by atoms with Crippen LogP contribution in [-0.2, 0) is 11.8 Å². The van der Waals surface area contributed by atoms with Gasteiger partial charge in [0.2, 0.25) is 0 Å². The van der Waals surface area contributed by atoms with Crippen molar-refractivity contribution in [1.82, 2.24) is 15.1 Å². The maximum absolute atomic E-state index is 12.8. The molecule has 0 saturated heterocycles. The largest absolute Gasteiger partial charge is 0.481 e. The number of carboxylic acids is 1. The Hall–Kier alpha value is -3.15. The molecular formula is C21H23N3O3. The molecule has 0 aliphatic heterocycles. The smallest absolute Gasteiger partial charge is 0.305 e. The summed E-state index contributed by atoms with van der Waals surface area (Å²) in [4.78, 5) is 24.3. The summed E-state index contributed by atoms with van der Waals surface area (Å²) in [6.45, 7) is 4.01. The van der Waals surface area contributed by atoms with E-state index in [1.807, 2.05) is 56.3 Å². The highest BCUT2D eigenvalue weighted by Crippen LogP contribution is 2.27. The third-order valence-corrected chi connectivity index (χ3v) is 4.61. The number of amides is 1. The van der Waals surface area contributed by atoms with Crippen LogP contribution in [0.3, 0.4) is 0 Å². The Bertz CT molecular complexity index is 986. The van der Waals surface area contributed by atoms with Gasteiger partial charge in [-0.15, -0.1) is 0 Å². The third-order valence-electron chi connectivity index (χ3n) is 4.61. The lowest BCUT2D eigenvalue weighted by molar-refractivity contribution is -0.137. The molecular weight excluding hydrogens is 342 g/mol. The number of aliphatic carboxylic acids is 1. The van der Waals surface area contributed by atoms with Crippen molar-refractivity contribution in [3.05, 3.63) is 65.5 Å². The predicted molar refractivity (Wildman–Crippen MR) is 104 cm³/mol. The average molecular weight is 365 g/mol. The fraction of sp³-hybridized carbons (Fsp3) is 0.286. The number of hydrogen-bond acceptors (Lipinski definition) is 3. The molecule has 27 heavy (non-hydrogen) atoms. The van der Waals surface area contributed by atoms with E-state index in [0.29, 0.717) is 5.69 Å². The molecule has 0 aliphatic rings. The number of carbonyl (C=O) groups is 2. The van der Waals surface area contributed by atoms with Gasteiger partial charge in [0.15, 0.2) is 0 Å². The van der Waals surface area contributed by atoms with Gasteiger partial charge in [0.1, 0.15) is 5.69 Å². The number of fused-ring (bicyclic) bond motifs is 1. The molecule has 0 spiro atoms. The first kappa shape index (κ1) is 18.6. The van der Waals surface area contributed by atoms with Gasteiger partial charge in [-0.25, -0.2) is 0 Å². The summed E-state index contributed by atoms with van der Waals surface area (Å²) in [7, 11) is 1.71. The van der Waals surface area contributed by atoms with E-state index in [9.17, 15) is 14.7 Å². The van der Waals surface area contributed by atoms with Gasteiger partial charge in [0.05, 0.1) is 18.2 Å². The van der Waals surface area contributed by atoms with Gasteiger partial charge in [-0.05, 0) is 28.3 Å². The Kier molecular flexibility index (Phi) is 5.26. The van der Waals surface area contributed by atoms with Crippen molar-refractivity contribution in [2.75, 3.05) is 0 Å². The van der Waals surface area contributed by atoms with E-state index in [2.05, 4.69) is 10.4 Å². The van der Waals surface area contributed by atoms with E-state index in [1.165, 1.54) is 4.68 Å². The van der Waals surface area contributed by atoms with Crippen LogP contribution in [0, 0.1) is 0 Å². The summed E-state index contributed by atoms with van der Waals surface area (Å²) < 4.78 is 1.53. The molecule has 1 amide bonds. The van der Waals surface area contributed by atoms with Crippen LogP contribution in [0.4, 0.5) is 0 Å². The van der Waals surface area contributed by atoms with Crippen LogP contribution in [0.15, 0.2) is 48.5 Å². The van der Waals surface area contributed by atoms with Gasteiger partial charge in [-0.1, -0.05) is 56.3 Å². The van der Waals surface area contributed by atoms with E-state index in [1.54, 1.807) is 13.1 Å². The number of nitrogens with zero attached hydrogens (tertiary/aromatic N) is 2. The van der Waals surface area contributed by atoms with E-state index in [0.717, 1.165) is 22.0 Å². The van der Waals surface area contributed by atoms with Gasteiger partial charge in [0.25, 0.3) is 5.91 Å². The normalized spacial score (nSPS) is 12.3. The number of carbonyl (C=O) groups excluding carboxylic acids is 1. The fourth-order valence-electron chi connectivity index (χ4n) is 3.18. The van der Waals surface area contributed by atoms with Gasteiger partial charge < -0.3 is 10.4 Å². The molecule has 1 atom stereocenters. The number of aromatic nitrogens is 2. The maximum atomic E-state index is 12.8. The van der Waals surface area contributed by atoms with E-state index < -0.39 is 12.0 Å². The molecule has 2 aromatic carbocycles. The molecule has 0 unspecified atom stereocenters. The molecule has 6 heteroatoms. The van der Waals surface area contributed by atoms with Gasteiger partial charge in [-0.2, -0.15) is 5.10 Å². The zero-order valence-corrected chi connectivity index (χ0v) is 15.6. The van der Waals surface area contributed by atoms with Crippen LogP contribution in [0.2, 0.25) is 0 Å². The quantitative estimate of drug-likeness (QED) is 0.698. The second-order valence-electron chi connectivity index (χ2n) is 6.93. The summed E-state index contributed by atoms with van der Waals surface area (Å²) in [5, 5.41) is 18.5. The average Bonchev–Trinajstić information content (AvgIpc) is 3.02. The van der Waals surface area contributed by atoms with Crippen LogP contribution >= 0.6 is 0 Å². The van der Waals surface area contributed by atoms with Crippen molar-refractivity contribution in [3.8, 4) is 0 Å². The van der Waals surface area contributed by atoms with Crippen molar-refractivity contribution >= 4 is 22.6 Å². The molecule has 140 valence electrons. The van der Waals surface area contributed by atoms with Gasteiger partial charge in [0, 0.05) is 7.05 Å². The molecule has 1 heterocycles. The minimum Gasteiger partial charge on any atom is -0.481 e. The van der Waals surface area contributed by atoms with Crippen molar-refractivity contribution < 1.29 is 14.7 Å². The summed E-state index contributed by atoms with van der Waals surface area (Å²) in [5.41, 5.74) is 2.02. The van der Waals surface area contributed by atoms with Crippen LogP contribution < -0.4 is 5.32 Å².